The first-order valence-electron chi connectivity index (χ1n) is 8.94. The molecule has 0 bridgehead atoms. The molecular formula is C23H16FN5. The molecule has 0 atom stereocenters. The second-order valence-electron chi connectivity index (χ2n) is 6.25. The molecule has 2 N–H and O–H groups in total. The quantitative estimate of drug-likeness (QED) is 0.468. The molecule has 1 aromatic heterocycles. The highest BCUT2D eigenvalue weighted by atomic mass is 19.1. The van der Waals surface area contributed by atoms with Crippen molar-refractivity contribution in [1.29, 1.82) is 5.26 Å². The average Bonchev–Trinajstić information content (AvgIpc) is 2.76. The van der Waals surface area contributed by atoms with E-state index in [2.05, 4.69) is 26.7 Å². The minimum absolute atomic E-state index is 0.271. The van der Waals surface area contributed by atoms with Crippen LogP contribution in [0.1, 0.15) is 5.56 Å². The molecule has 1 heterocycles. The summed E-state index contributed by atoms with van der Waals surface area (Å²) in [7, 11) is 0. The van der Waals surface area contributed by atoms with Crippen LogP contribution in [0.5, 0.6) is 0 Å². The van der Waals surface area contributed by atoms with Crippen molar-refractivity contribution in [3.05, 3.63) is 96.3 Å². The van der Waals surface area contributed by atoms with Gasteiger partial charge in [0.25, 0.3) is 0 Å². The Morgan fingerprint density at radius 3 is 2.24 bits per heavy atom. The molecule has 4 aromatic rings. The highest BCUT2D eigenvalue weighted by Crippen LogP contribution is 2.25. The van der Waals surface area contributed by atoms with Gasteiger partial charge in [-0.2, -0.15) is 10.2 Å². The Morgan fingerprint density at radius 2 is 1.52 bits per heavy atom. The highest BCUT2D eigenvalue weighted by Gasteiger charge is 2.09. The minimum atomic E-state index is -0.386. The summed E-state index contributed by atoms with van der Waals surface area (Å²) in [4.78, 5) is 9.01. The van der Waals surface area contributed by atoms with Crippen molar-refractivity contribution in [2.45, 2.75) is 0 Å². The van der Waals surface area contributed by atoms with Gasteiger partial charge in [0.1, 0.15) is 11.6 Å². The molecule has 0 fully saturated rings. The van der Waals surface area contributed by atoms with Gasteiger partial charge in [-0.3, -0.25) is 0 Å². The number of nitriles is 1. The van der Waals surface area contributed by atoms with Crippen molar-refractivity contribution in [2.24, 2.45) is 0 Å². The molecule has 0 unspecified atom stereocenters. The first-order valence-corrected chi connectivity index (χ1v) is 8.94. The van der Waals surface area contributed by atoms with Crippen molar-refractivity contribution < 1.29 is 4.39 Å². The van der Waals surface area contributed by atoms with E-state index in [1.54, 1.807) is 42.5 Å². The van der Waals surface area contributed by atoms with Crippen LogP contribution in [0.25, 0.3) is 11.3 Å². The second-order valence-corrected chi connectivity index (χ2v) is 6.25. The van der Waals surface area contributed by atoms with Crippen LogP contribution in [-0.4, -0.2) is 9.97 Å². The zero-order chi connectivity index (χ0) is 20.1. The topological polar surface area (TPSA) is 73.6 Å². The molecule has 0 aliphatic carbocycles. The lowest BCUT2D eigenvalue weighted by atomic mass is 10.1. The molecule has 0 saturated carbocycles. The van der Waals surface area contributed by atoms with Gasteiger partial charge >= 0.3 is 0 Å². The van der Waals surface area contributed by atoms with Gasteiger partial charge in [-0.25, -0.2) is 9.37 Å². The number of benzene rings is 3. The van der Waals surface area contributed by atoms with Crippen molar-refractivity contribution in [3.8, 4) is 17.3 Å². The summed E-state index contributed by atoms with van der Waals surface area (Å²) in [6, 6.07) is 27.0. The molecule has 140 valence electrons. The maximum Gasteiger partial charge on any atom is 0.229 e. The van der Waals surface area contributed by atoms with E-state index in [9.17, 15) is 4.39 Å². The second kappa shape index (κ2) is 8.19. The molecule has 0 aliphatic rings. The summed E-state index contributed by atoms with van der Waals surface area (Å²) in [6.45, 7) is 0. The predicted molar refractivity (Wildman–Crippen MR) is 112 cm³/mol. The fraction of sp³-hybridized carbons (Fsp3) is 0. The largest absolute Gasteiger partial charge is 0.340 e. The summed E-state index contributed by atoms with van der Waals surface area (Å²) in [5, 5.41) is 15.1. The van der Waals surface area contributed by atoms with Crippen LogP contribution in [0, 0.1) is 17.1 Å². The van der Waals surface area contributed by atoms with Crippen LogP contribution in [-0.2, 0) is 0 Å². The number of rotatable bonds is 5. The number of para-hydroxylation sites is 1. The first kappa shape index (κ1) is 18.1. The smallest absolute Gasteiger partial charge is 0.229 e. The lowest BCUT2D eigenvalue weighted by Crippen LogP contribution is -2.03. The Bertz CT molecular complexity index is 1170. The van der Waals surface area contributed by atoms with Crippen LogP contribution in [0.2, 0.25) is 0 Å². The Kier molecular flexibility index (Phi) is 5.12. The number of nitrogens with one attached hydrogen (secondary N) is 2. The molecule has 0 spiro atoms. The molecular weight excluding hydrogens is 365 g/mol. The zero-order valence-electron chi connectivity index (χ0n) is 15.3. The lowest BCUT2D eigenvalue weighted by Gasteiger charge is -2.12. The summed E-state index contributed by atoms with van der Waals surface area (Å²) in [5.41, 5.74) is 3.25. The number of aromatic nitrogens is 2. The third-order valence-corrected chi connectivity index (χ3v) is 4.20. The number of hydrogen-bond acceptors (Lipinski definition) is 5. The Hall–Kier alpha value is -4.24. The normalized spacial score (nSPS) is 10.2. The van der Waals surface area contributed by atoms with E-state index < -0.39 is 0 Å². The molecule has 5 nitrogen and oxygen atoms in total. The Labute approximate surface area is 167 Å². The molecule has 4 rings (SSSR count). The minimum Gasteiger partial charge on any atom is -0.340 e. The van der Waals surface area contributed by atoms with Crippen molar-refractivity contribution in [1.82, 2.24) is 9.97 Å². The SMILES string of the molecule is N#Cc1ccc(Nc2cc(-c3ccccc3)nc(Nc3ccccc3F)n2)cc1. The predicted octanol–water partition coefficient (Wildman–Crippen LogP) is 5.64. The number of hydrogen-bond donors (Lipinski definition) is 2. The van der Waals surface area contributed by atoms with Crippen LogP contribution in [0.15, 0.2) is 84.9 Å². The van der Waals surface area contributed by atoms with Gasteiger partial charge in [0.15, 0.2) is 0 Å². The Balaban J connectivity index is 1.71. The maximum atomic E-state index is 14.1. The Morgan fingerprint density at radius 1 is 0.793 bits per heavy atom. The van der Waals surface area contributed by atoms with Gasteiger partial charge in [-0.05, 0) is 36.4 Å². The van der Waals surface area contributed by atoms with E-state index in [4.69, 9.17) is 5.26 Å². The maximum absolute atomic E-state index is 14.1. The van der Waals surface area contributed by atoms with Gasteiger partial charge < -0.3 is 10.6 Å². The third kappa shape index (κ3) is 4.37. The summed E-state index contributed by atoms with van der Waals surface area (Å²) >= 11 is 0. The van der Waals surface area contributed by atoms with Gasteiger partial charge in [0.05, 0.1) is 23.0 Å². The fourth-order valence-corrected chi connectivity index (χ4v) is 2.78. The van der Waals surface area contributed by atoms with Gasteiger partial charge in [-0.1, -0.05) is 42.5 Å². The summed E-state index contributed by atoms with van der Waals surface area (Å²) in [5.74, 6) is 0.429. The van der Waals surface area contributed by atoms with Crippen LogP contribution < -0.4 is 10.6 Å². The lowest BCUT2D eigenvalue weighted by molar-refractivity contribution is 0.631. The van der Waals surface area contributed by atoms with Crippen molar-refractivity contribution >= 4 is 23.1 Å². The molecule has 0 saturated heterocycles. The summed E-state index contributed by atoms with van der Waals surface area (Å²) < 4.78 is 14.1. The molecule has 3 aromatic carbocycles. The molecule has 0 amide bonds. The van der Waals surface area contributed by atoms with Crippen LogP contribution in [0.3, 0.4) is 0 Å². The van der Waals surface area contributed by atoms with Gasteiger partial charge in [0, 0.05) is 17.3 Å². The van der Waals surface area contributed by atoms with Gasteiger partial charge in [0.2, 0.25) is 5.95 Å². The van der Waals surface area contributed by atoms with E-state index in [1.165, 1.54) is 6.07 Å². The fourth-order valence-electron chi connectivity index (χ4n) is 2.78. The van der Waals surface area contributed by atoms with Gasteiger partial charge in [-0.15, -0.1) is 0 Å². The van der Waals surface area contributed by atoms with Crippen molar-refractivity contribution in [2.75, 3.05) is 10.6 Å². The van der Waals surface area contributed by atoms with Crippen LogP contribution >= 0.6 is 0 Å². The highest BCUT2D eigenvalue weighted by molar-refractivity contribution is 5.69. The molecule has 6 heteroatoms. The first-order chi connectivity index (χ1) is 14.2. The van der Waals surface area contributed by atoms with E-state index in [0.29, 0.717) is 22.8 Å². The molecule has 0 aliphatic heterocycles. The molecule has 29 heavy (non-hydrogen) atoms. The third-order valence-electron chi connectivity index (χ3n) is 4.20. The number of nitrogens with zero attached hydrogens (tertiary/aromatic N) is 3. The number of halogens is 1. The van der Waals surface area contributed by atoms with Crippen molar-refractivity contribution in [3.63, 3.8) is 0 Å². The summed E-state index contributed by atoms with van der Waals surface area (Å²) in [6.07, 6.45) is 0. The molecule has 0 radical (unpaired) electrons. The average molecular weight is 381 g/mol. The van der Waals surface area contributed by atoms with E-state index in [1.807, 2.05) is 36.4 Å². The standard InChI is InChI=1S/C23H16FN5/c24-19-8-4-5-9-20(19)27-23-28-21(17-6-2-1-3-7-17)14-22(29-23)26-18-12-10-16(15-25)11-13-18/h1-14H,(H2,26,27,28,29). The van der Waals surface area contributed by atoms with E-state index in [0.717, 1.165) is 11.3 Å². The zero-order valence-corrected chi connectivity index (χ0v) is 15.3. The van der Waals surface area contributed by atoms with E-state index in [-0.39, 0.29) is 11.8 Å². The monoisotopic (exact) mass is 381 g/mol. The number of anilines is 4. The van der Waals surface area contributed by atoms with Crippen LogP contribution in [0.4, 0.5) is 27.5 Å². The van der Waals surface area contributed by atoms with E-state index >= 15 is 0 Å².